The topological polar surface area (TPSA) is 83.1 Å². The first-order valence-electron chi connectivity index (χ1n) is 11.8. The number of methoxy groups -OCH3 is 1. The van der Waals surface area contributed by atoms with Gasteiger partial charge >= 0.3 is 12.1 Å². The van der Waals surface area contributed by atoms with Crippen LogP contribution in [0.1, 0.15) is 72.6 Å². The molecule has 0 spiro atoms. The number of carbonyl (C=O) groups excluding carboxylic acids is 2. The Morgan fingerprint density at radius 1 is 0.938 bits per heavy atom. The quantitative estimate of drug-likeness (QED) is 0.335. The summed E-state index contributed by atoms with van der Waals surface area (Å²) in [5.74, 6) is 7.99. The number of ether oxygens (including phenoxy) is 4. The van der Waals surface area contributed by atoms with Gasteiger partial charge in [0.05, 0.1) is 44.6 Å². The Bertz CT molecular complexity index is 660. The number of esters is 1. The number of rotatable bonds is 13. The minimum atomic E-state index is -0.393. The molecular weight excluding hydrogens is 410 g/mol. The highest BCUT2D eigenvalue weighted by atomic mass is 16.6. The first kappa shape index (κ1) is 26.5. The molecule has 0 heterocycles. The lowest BCUT2D eigenvalue weighted by atomic mass is 10.0. The summed E-state index contributed by atoms with van der Waals surface area (Å²) in [4.78, 5) is 23.3. The second-order valence-corrected chi connectivity index (χ2v) is 9.99. The van der Waals surface area contributed by atoms with Crippen LogP contribution in [-0.2, 0) is 23.7 Å². The monoisotopic (exact) mass is 451 g/mol. The van der Waals surface area contributed by atoms with E-state index in [4.69, 9.17) is 14.2 Å². The predicted octanol–water partition coefficient (Wildman–Crippen LogP) is 4.09. The minimum Gasteiger partial charge on any atom is -0.469 e. The van der Waals surface area contributed by atoms with Crippen molar-refractivity contribution in [2.75, 3.05) is 33.5 Å². The second-order valence-electron chi connectivity index (χ2n) is 9.99. The molecule has 2 aliphatic carbocycles. The van der Waals surface area contributed by atoms with Gasteiger partial charge in [-0.1, -0.05) is 0 Å². The van der Waals surface area contributed by atoms with Crippen LogP contribution in [0, 0.1) is 29.6 Å². The number of carbonyl (C=O) groups is 2. The van der Waals surface area contributed by atoms with Crippen LogP contribution in [0.3, 0.4) is 0 Å². The van der Waals surface area contributed by atoms with Gasteiger partial charge in [0.15, 0.2) is 0 Å². The van der Waals surface area contributed by atoms with Gasteiger partial charge in [0.2, 0.25) is 0 Å². The molecule has 0 aliphatic heterocycles. The van der Waals surface area contributed by atoms with Gasteiger partial charge < -0.3 is 24.3 Å². The molecule has 0 aromatic heterocycles. The van der Waals surface area contributed by atoms with E-state index in [-0.39, 0.29) is 24.1 Å². The zero-order chi connectivity index (χ0) is 23.6. The van der Waals surface area contributed by atoms with Gasteiger partial charge in [-0.05, 0) is 71.1 Å². The van der Waals surface area contributed by atoms with Crippen molar-refractivity contribution in [3.63, 3.8) is 0 Å². The highest BCUT2D eigenvalue weighted by Gasteiger charge is 2.49. The van der Waals surface area contributed by atoms with Crippen LogP contribution in [0.4, 0.5) is 4.79 Å². The second kappa shape index (κ2) is 12.5. The third kappa shape index (κ3) is 9.79. The van der Waals surface area contributed by atoms with Crippen molar-refractivity contribution in [1.29, 1.82) is 0 Å². The Balaban J connectivity index is 1.54. The van der Waals surface area contributed by atoms with E-state index in [9.17, 15) is 9.59 Å². The molecule has 7 nitrogen and oxygen atoms in total. The van der Waals surface area contributed by atoms with Crippen molar-refractivity contribution < 1.29 is 28.5 Å². The number of fused-ring (bicyclic) bond motifs is 1. The van der Waals surface area contributed by atoms with Crippen LogP contribution in [0.15, 0.2) is 0 Å². The molecule has 7 heteroatoms. The average molecular weight is 452 g/mol. The third-order valence-electron chi connectivity index (χ3n) is 6.47. The van der Waals surface area contributed by atoms with Gasteiger partial charge in [0.1, 0.15) is 0 Å². The van der Waals surface area contributed by atoms with E-state index < -0.39 is 5.60 Å². The molecule has 2 aliphatic rings. The van der Waals surface area contributed by atoms with Crippen LogP contribution in [-0.4, -0.2) is 56.7 Å². The normalized spacial score (nSPS) is 22.5. The van der Waals surface area contributed by atoms with Crippen molar-refractivity contribution >= 4 is 12.1 Å². The van der Waals surface area contributed by atoms with Gasteiger partial charge in [0.25, 0.3) is 0 Å². The Labute approximate surface area is 193 Å². The lowest BCUT2D eigenvalue weighted by Crippen LogP contribution is -2.35. The highest BCUT2D eigenvalue weighted by Crippen LogP contribution is 2.52. The van der Waals surface area contributed by atoms with Crippen molar-refractivity contribution in [1.82, 2.24) is 5.32 Å². The van der Waals surface area contributed by atoms with Crippen LogP contribution >= 0.6 is 0 Å². The molecule has 0 bridgehead atoms. The summed E-state index contributed by atoms with van der Waals surface area (Å²) in [5.41, 5.74) is -0.770. The van der Waals surface area contributed by atoms with Crippen LogP contribution < -0.4 is 5.32 Å². The lowest BCUT2D eigenvalue weighted by molar-refractivity contribution is -0.143. The molecule has 0 unspecified atom stereocenters. The molecule has 0 saturated heterocycles. The number of amides is 1. The van der Waals surface area contributed by atoms with Gasteiger partial charge in [-0.2, -0.15) is 0 Å². The zero-order valence-corrected chi connectivity index (χ0v) is 20.5. The maximum atomic E-state index is 12.1. The maximum absolute atomic E-state index is 12.1. The summed E-state index contributed by atoms with van der Waals surface area (Å²) in [6.07, 6.45) is 5.46. The SMILES string of the molecule is COC(=O)CCOC(C)(C)CCOC(C)(C)CCNC(=O)OC[C@@H]1[C@@H]2CCC#CCC[C@@H]21. The van der Waals surface area contributed by atoms with Crippen molar-refractivity contribution in [3.05, 3.63) is 0 Å². The third-order valence-corrected chi connectivity index (χ3v) is 6.47. The van der Waals surface area contributed by atoms with E-state index >= 15 is 0 Å². The van der Waals surface area contributed by atoms with E-state index in [2.05, 4.69) is 21.9 Å². The summed E-state index contributed by atoms with van der Waals surface area (Å²) in [7, 11) is 1.37. The zero-order valence-electron chi connectivity index (χ0n) is 20.5. The Kier molecular flexibility index (Phi) is 10.3. The van der Waals surface area contributed by atoms with Crippen LogP contribution in [0.25, 0.3) is 0 Å². The minimum absolute atomic E-state index is 0.241. The van der Waals surface area contributed by atoms with E-state index in [1.807, 2.05) is 27.7 Å². The Morgan fingerprint density at radius 2 is 1.53 bits per heavy atom. The molecule has 0 radical (unpaired) electrons. The number of nitrogens with one attached hydrogen (secondary N) is 1. The van der Waals surface area contributed by atoms with E-state index in [1.165, 1.54) is 7.11 Å². The van der Waals surface area contributed by atoms with Crippen LogP contribution in [0.2, 0.25) is 0 Å². The van der Waals surface area contributed by atoms with Gasteiger partial charge in [-0.15, -0.1) is 11.8 Å². The van der Waals surface area contributed by atoms with Gasteiger partial charge in [-0.25, -0.2) is 4.79 Å². The molecule has 0 aromatic carbocycles. The summed E-state index contributed by atoms with van der Waals surface area (Å²) in [6.45, 7) is 9.82. The molecule has 0 aromatic rings. The molecule has 1 amide bonds. The summed E-state index contributed by atoms with van der Waals surface area (Å²) in [6, 6.07) is 0. The Hall–Kier alpha value is -1.78. The van der Waals surface area contributed by atoms with E-state index in [0.29, 0.717) is 57.0 Å². The van der Waals surface area contributed by atoms with E-state index in [1.54, 1.807) is 0 Å². The average Bonchev–Trinajstić information content (AvgIpc) is 3.34. The largest absolute Gasteiger partial charge is 0.469 e. The molecule has 1 fully saturated rings. The van der Waals surface area contributed by atoms with Crippen molar-refractivity contribution in [2.24, 2.45) is 17.8 Å². The van der Waals surface area contributed by atoms with Crippen molar-refractivity contribution in [2.45, 2.75) is 83.8 Å². The molecule has 3 atom stereocenters. The summed E-state index contributed by atoms with van der Waals surface area (Å²) < 4.78 is 21.9. The van der Waals surface area contributed by atoms with E-state index in [0.717, 1.165) is 25.7 Å². The maximum Gasteiger partial charge on any atom is 0.407 e. The highest BCUT2D eigenvalue weighted by molar-refractivity contribution is 5.69. The number of alkyl carbamates (subject to hydrolysis) is 1. The van der Waals surface area contributed by atoms with Crippen molar-refractivity contribution in [3.8, 4) is 11.8 Å². The fraction of sp³-hybridized carbons (Fsp3) is 0.840. The summed E-state index contributed by atoms with van der Waals surface area (Å²) in [5, 5.41) is 2.84. The van der Waals surface area contributed by atoms with Gasteiger partial charge in [0, 0.05) is 19.4 Å². The molecular formula is C25H41NO6. The van der Waals surface area contributed by atoms with Gasteiger partial charge in [-0.3, -0.25) is 4.79 Å². The molecule has 182 valence electrons. The fourth-order valence-electron chi connectivity index (χ4n) is 4.20. The standard InChI is InChI=1S/C25H41NO6/c1-24(2,32-17-14-25(3,4)31-16-12-22(27)29-5)13-15-26-23(28)30-18-21-19-10-8-6-7-9-11-20(19)21/h19-21H,8-18H2,1-5H3,(H,26,28)/t19-,20+,21-. The molecule has 1 N–H and O–H groups in total. The van der Waals surface area contributed by atoms with Crippen LogP contribution in [0.5, 0.6) is 0 Å². The predicted molar refractivity (Wildman–Crippen MR) is 122 cm³/mol. The molecule has 32 heavy (non-hydrogen) atoms. The fourth-order valence-corrected chi connectivity index (χ4v) is 4.20. The smallest absolute Gasteiger partial charge is 0.407 e. The number of hydrogen-bond acceptors (Lipinski definition) is 6. The molecule has 1 saturated carbocycles. The first-order chi connectivity index (χ1) is 15.1. The molecule has 2 rings (SSSR count). The first-order valence-corrected chi connectivity index (χ1v) is 11.8. The Morgan fingerprint density at radius 3 is 2.16 bits per heavy atom. The lowest BCUT2D eigenvalue weighted by Gasteiger charge is -2.29. The number of hydrogen-bond donors (Lipinski definition) is 1. The summed E-state index contributed by atoms with van der Waals surface area (Å²) >= 11 is 0.